The summed E-state index contributed by atoms with van der Waals surface area (Å²) in [5.74, 6) is 0.173. The van der Waals surface area contributed by atoms with Crippen molar-refractivity contribution in [1.82, 2.24) is 0 Å². The number of carbonyl (C=O) groups is 4. The van der Waals surface area contributed by atoms with Crippen LogP contribution in [-0.4, -0.2) is 96.7 Å². The van der Waals surface area contributed by atoms with Crippen LogP contribution >= 0.6 is 15.6 Å². The summed E-state index contributed by atoms with van der Waals surface area (Å²) in [5.41, 5.74) is 0. The second-order valence-electron chi connectivity index (χ2n) is 27.4. The van der Waals surface area contributed by atoms with E-state index in [1.165, 1.54) is 173 Å². The normalized spacial score (nSPS) is 14.2. The van der Waals surface area contributed by atoms with E-state index in [1.807, 2.05) is 0 Å². The summed E-state index contributed by atoms with van der Waals surface area (Å²) in [4.78, 5) is 72.6. The maximum atomic E-state index is 13.0. The minimum atomic E-state index is -4.95. The fraction of sp³-hybridized carbons (Fsp3) is 0.944. The van der Waals surface area contributed by atoms with Crippen molar-refractivity contribution in [2.75, 3.05) is 39.6 Å². The van der Waals surface area contributed by atoms with Crippen LogP contribution in [-0.2, 0) is 65.4 Å². The second kappa shape index (κ2) is 62.8. The van der Waals surface area contributed by atoms with Crippen LogP contribution in [0.3, 0.4) is 0 Å². The Bertz CT molecular complexity index is 1780. The Balaban J connectivity index is 5.24. The van der Waals surface area contributed by atoms with Crippen molar-refractivity contribution in [2.24, 2.45) is 17.8 Å². The number of hydrogen-bond donors (Lipinski definition) is 3. The molecule has 0 bridgehead atoms. The zero-order chi connectivity index (χ0) is 67.3. The zero-order valence-corrected chi connectivity index (χ0v) is 61.1. The molecule has 0 aromatic heterocycles. The Labute approximate surface area is 556 Å². The predicted molar refractivity (Wildman–Crippen MR) is 368 cm³/mol. The highest BCUT2D eigenvalue weighted by Gasteiger charge is 2.30. The van der Waals surface area contributed by atoms with Crippen molar-refractivity contribution in [3.63, 3.8) is 0 Å². The van der Waals surface area contributed by atoms with Crippen molar-refractivity contribution in [2.45, 2.75) is 381 Å². The number of hydrogen-bond acceptors (Lipinski definition) is 15. The number of esters is 4. The van der Waals surface area contributed by atoms with Gasteiger partial charge in [-0.2, -0.15) is 0 Å². The Morgan fingerprint density at radius 1 is 0.297 bits per heavy atom. The number of aliphatic hydroxyl groups is 1. The van der Waals surface area contributed by atoms with E-state index in [1.54, 1.807) is 0 Å². The van der Waals surface area contributed by atoms with Gasteiger partial charge in [0.25, 0.3) is 0 Å². The minimum absolute atomic E-state index is 0.106. The van der Waals surface area contributed by atoms with Crippen molar-refractivity contribution >= 4 is 39.5 Å². The zero-order valence-electron chi connectivity index (χ0n) is 59.3. The van der Waals surface area contributed by atoms with Gasteiger partial charge in [0, 0.05) is 25.7 Å². The number of phosphoric ester groups is 2. The Morgan fingerprint density at radius 2 is 0.505 bits per heavy atom. The molecule has 0 aromatic rings. The lowest BCUT2D eigenvalue weighted by Gasteiger charge is -2.21. The first-order chi connectivity index (χ1) is 43.7. The van der Waals surface area contributed by atoms with Gasteiger partial charge in [0.05, 0.1) is 26.4 Å². The van der Waals surface area contributed by atoms with Crippen LogP contribution in [0.25, 0.3) is 0 Å². The first-order valence-electron chi connectivity index (χ1n) is 37.3. The maximum absolute atomic E-state index is 13.0. The molecule has 2 unspecified atom stereocenters. The smallest absolute Gasteiger partial charge is 0.462 e. The first-order valence-corrected chi connectivity index (χ1v) is 40.3. The summed E-state index contributed by atoms with van der Waals surface area (Å²) in [7, 11) is -9.90. The molecule has 0 saturated heterocycles. The van der Waals surface area contributed by atoms with Crippen LogP contribution < -0.4 is 0 Å². The number of carbonyl (C=O) groups excluding carboxylic acids is 4. The summed E-state index contributed by atoms with van der Waals surface area (Å²) >= 11 is 0. The average Bonchev–Trinajstić information content (AvgIpc) is 2.96. The van der Waals surface area contributed by atoms with E-state index in [2.05, 4.69) is 48.5 Å². The van der Waals surface area contributed by atoms with Gasteiger partial charge in [0.1, 0.15) is 19.3 Å². The molecule has 0 rings (SSSR count). The highest BCUT2D eigenvalue weighted by atomic mass is 31.2. The Kier molecular flexibility index (Phi) is 61.5. The number of ether oxygens (including phenoxy) is 4. The number of unbranched alkanes of at least 4 members (excludes halogenated alkanes) is 38. The van der Waals surface area contributed by atoms with Crippen LogP contribution in [0.15, 0.2) is 0 Å². The lowest BCUT2D eigenvalue weighted by molar-refractivity contribution is -0.161. The van der Waals surface area contributed by atoms with Crippen LogP contribution in [0.2, 0.25) is 0 Å². The SMILES string of the molecule is CCCCCCCCCCCC(=O)OC[C@H](COP(=O)(O)OC[C@H](O)COP(=O)(O)OC[C@@H](COC(=O)CCCCCCCCCCCCC(C)C)OC(=O)CCCCCCCCCCCCCCCC(C)C)OC(=O)CCCCCCCCCCCCC(C)C. The predicted octanol–water partition coefficient (Wildman–Crippen LogP) is 20.6. The summed E-state index contributed by atoms with van der Waals surface area (Å²) in [6.07, 6.45) is 47.1. The maximum Gasteiger partial charge on any atom is 0.472 e. The molecule has 0 spiro atoms. The molecule has 0 fully saturated rings. The van der Waals surface area contributed by atoms with E-state index >= 15 is 0 Å². The molecule has 17 nitrogen and oxygen atoms in total. The van der Waals surface area contributed by atoms with E-state index in [0.29, 0.717) is 25.7 Å². The van der Waals surface area contributed by atoms with Crippen LogP contribution in [0.5, 0.6) is 0 Å². The summed E-state index contributed by atoms with van der Waals surface area (Å²) < 4.78 is 68.3. The highest BCUT2D eigenvalue weighted by molar-refractivity contribution is 7.47. The molecular formula is C72H140O17P2. The van der Waals surface area contributed by atoms with Gasteiger partial charge >= 0.3 is 39.5 Å². The third kappa shape index (κ3) is 66.5. The van der Waals surface area contributed by atoms with Gasteiger partial charge in [-0.3, -0.25) is 37.3 Å². The van der Waals surface area contributed by atoms with Crippen LogP contribution in [0.1, 0.15) is 363 Å². The summed E-state index contributed by atoms with van der Waals surface area (Å²) in [6.45, 7) is 11.9. The average molecular weight is 1340 g/mol. The Morgan fingerprint density at radius 3 is 0.747 bits per heavy atom. The van der Waals surface area contributed by atoms with Gasteiger partial charge in [-0.15, -0.1) is 0 Å². The molecular weight excluding hydrogens is 1200 g/mol. The molecule has 0 aliphatic heterocycles. The van der Waals surface area contributed by atoms with E-state index in [-0.39, 0.29) is 25.7 Å². The van der Waals surface area contributed by atoms with E-state index in [9.17, 15) is 43.2 Å². The molecule has 91 heavy (non-hydrogen) atoms. The molecule has 0 amide bonds. The Hall–Kier alpha value is -1.94. The fourth-order valence-electron chi connectivity index (χ4n) is 10.9. The molecule has 0 saturated carbocycles. The summed E-state index contributed by atoms with van der Waals surface area (Å²) in [6, 6.07) is 0. The number of phosphoric acid groups is 2. The minimum Gasteiger partial charge on any atom is -0.462 e. The lowest BCUT2D eigenvalue weighted by atomic mass is 10.0. The molecule has 0 aliphatic carbocycles. The summed E-state index contributed by atoms with van der Waals surface area (Å²) in [5, 5.41) is 10.6. The molecule has 5 atom stereocenters. The van der Waals surface area contributed by atoms with Crippen LogP contribution in [0.4, 0.5) is 0 Å². The van der Waals surface area contributed by atoms with Crippen LogP contribution in [0, 0.1) is 17.8 Å². The van der Waals surface area contributed by atoms with Gasteiger partial charge in [-0.1, -0.05) is 312 Å². The van der Waals surface area contributed by atoms with Crippen molar-refractivity contribution in [1.29, 1.82) is 0 Å². The molecule has 0 heterocycles. The van der Waals surface area contributed by atoms with E-state index in [0.717, 1.165) is 108 Å². The van der Waals surface area contributed by atoms with Crippen molar-refractivity contribution in [3.05, 3.63) is 0 Å². The van der Waals surface area contributed by atoms with Gasteiger partial charge in [0.15, 0.2) is 12.2 Å². The van der Waals surface area contributed by atoms with E-state index < -0.39 is 97.5 Å². The quantitative estimate of drug-likeness (QED) is 0.0222. The molecule has 540 valence electrons. The van der Waals surface area contributed by atoms with Crippen molar-refractivity contribution < 1.29 is 80.2 Å². The van der Waals surface area contributed by atoms with E-state index in [4.69, 9.17) is 37.0 Å². The van der Waals surface area contributed by atoms with Gasteiger partial charge in [-0.05, 0) is 43.4 Å². The van der Waals surface area contributed by atoms with Gasteiger partial charge < -0.3 is 33.8 Å². The second-order valence-corrected chi connectivity index (χ2v) is 30.3. The van der Waals surface area contributed by atoms with Crippen molar-refractivity contribution in [3.8, 4) is 0 Å². The molecule has 0 radical (unpaired) electrons. The fourth-order valence-corrected chi connectivity index (χ4v) is 12.5. The third-order valence-corrected chi connectivity index (χ3v) is 18.5. The van der Waals surface area contributed by atoms with Gasteiger partial charge in [0.2, 0.25) is 0 Å². The molecule has 0 aromatic carbocycles. The topological polar surface area (TPSA) is 237 Å². The highest BCUT2D eigenvalue weighted by Crippen LogP contribution is 2.45. The monoisotopic (exact) mass is 1340 g/mol. The standard InChI is InChI=1S/C72H140O17P2/c1-8-9-10-11-12-22-32-39-46-53-69(74)82-59-67(89-72(77)56-49-42-35-28-21-19-25-31-38-45-52-65(6)7)61-86-90(78,79)84-57-66(73)58-85-91(80,81)87-62-68(60-83-70(75)54-47-40-33-26-20-18-24-30-37-44-51-64(4)5)88-71(76)55-48-41-34-27-17-15-13-14-16-23-29-36-43-50-63(2)3/h63-68,73H,8-62H2,1-7H3,(H,78,79)(H,80,81)/t66-,67+,68+/m0/s1. The first kappa shape index (κ1) is 89.1. The van der Waals surface area contributed by atoms with Gasteiger partial charge in [-0.25, -0.2) is 9.13 Å². The molecule has 3 N–H and O–H groups in total. The molecule has 19 heteroatoms. The number of rotatable bonds is 70. The third-order valence-electron chi connectivity index (χ3n) is 16.6. The largest absolute Gasteiger partial charge is 0.472 e. The number of aliphatic hydroxyl groups excluding tert-OH is 1. The lowest BCUT2D eigenvalue weighted by Crippen LogP contribution is -2.30. The molecule has 0 aliphatic rings.